The number of carbonyl (C=O) groups is 1. The monoisotopic (exact) mass is 486 g/mol. The van der Waals surface area contributed by atoms with Crippen molar-refractivity contribution in [1.82, 2.24) is 0 Å². The molecule has 8 atom stereocenters. The molecule has 200 valence electrons. The molecule has 2 N–H and O–H groups in total. The van der Waals surface area contributed by atoms with Crippen LogP contribution in [0.5, 0.6) is 0 Å². The van der Waals surface area contributed by atoms with Gasteiger partial charge in [-0.05, 0) is 109 Å². The van der Waals surface area contributed by atoms with Gasteiger partial charge >= 0.3 is 5.97 Å². The third kappa shape index (κ3) is 3.48. The van der Waals surface area contributed by atoms with Gasteiger partial charge in [-0.25, -0.2) is 0 Å². The maximum atomic E-state index is 12.8. The molecule has 0 heterocycles. The van der Waals surface area contributed by atoms with Crippen molar-refractivity contribution < 1.29 is 15.0 Å². The summed E-state index contributed by atoms with van der Waals surface area (Å²) in [5.41, 5.74) is 1.68. The van der Waals surface area contributed by atoms with Crippen LogP contribution in [-0.2, 0) is 4.79 Å². The minimum atomic E-state index is -0.553. The first-order valence-electron chi connectivity index (χ1n) is 14.8. The standard InChI is InChI=1S/C30H48O3.C2H6/c1-25(2)14-16-30(24(32)33)17-15-28(6)19(20(30)18-25)8-9-22-27(5)12-11-23(31)26(3,4)21(27)10-13-29(22,28)7;1-2/h8,20-23,31H,9-18H2,1-7H3,(H,32,33);1-2H3/t20?,21?,22?,23-,27?,28?,29+,30-;/m0./s1. The van der Waals surface area contributed by atoms with Crippen molar-refractivity contribution in [2.75, 3.05) is 0 Å². The van der Waals surface area contributed by atoms with E-state index >= 15 is 0 Å². The van der Waals surface area contributed by atoms with E-state index in [1.807, 2.05) is 13.8 Å². The van der Waals surface area contributed by atoms with Gasteiger partial charge in [-0.15, -0.1) is 0 Å². The lowest BCUT2D eigenvalue weighted by Gasteiger charge is -2.71. The van der Waals surface area contributed by atoms with Crippen molar-refractivity contribution in [1.29, 1.82) is 0 Å². The minimum Gasteiger partial charge on any atom is -0.481 e. The largest absolute Gasteiger partial charge is 0.481 e. The van der Waals surface area contributed by atoms with Gasteiger partial charge in [0, 0.05) is 0 Å². The molecule has 0 bridgehead atoms. The number of hydrogen-bond donors (Lipinski definition) is 2. The fourth-order valence-electron chi connectivity index (χ4n) is 10.6. The van der Waals surface area contributed by atoms with E-state index in [1.165, 1.54) is 18.4 Å². The van der Waals surface area contributed by atoms with Crippen molar-refractivity contribution in [2.24, 2.45) is 50.2 Å². The quantitative estimate of drug-likeness (QED) is 0.367. The second-order valence-electron chi connectivity index (χ2n) is 15.1. The van der Waals surface area contributed by atoms with Crippen LogP contribution in [-0.4, -0.2) is 22.3 Å². The molecule has 0 aromatic rings. The van der Waals surface area contributed by atoms with Gasteiger partial charge in [-0.1, -0.05) is 74.0 Å². The zero-order valence-electron chi connectivity index (χ0n) is 24.3. The Labute approximate surface area is 215 Å². The Morgan fingerprint density at radius 1 is 0.857 bits per heavy atom. The predicted octanol–water partition coefficient (Wildman–Crippen LogP) is 8.26. The molecule has 0 spiro atoms. The van der Waals surface area contributed by atoms with Crippen LogP contribution < -0.4 is 0 Å². The SMILES string of the molecule is CC.CC1(C)CC[C@]2(C(=O)O)CCC3(C)C(=CCC4C5(C)CC[C@H](O)C(C)(C)C5CC[C@]43C)C2C1. The Morgan fingerprint density at radius 3 is 2.11 bits per heavy atom. The highest BCUT2D eigenvalue weighted by atomic mass is 16.4. The van der Waals surface area contributed by atoms with E-state index in [1.54, 1.807) is 0 Å². The van der Waals surface area contributed by atoms with E-state index in [0.717, 1.165) is 51.4 Å². The normalized spacial score (nSPS) is 49.6. The zero-order valence-corrected chi connectivity index (χ0v) is 24.3. The van der Waals surface area contributed by atoms with E-state index in [9.17, 15) is 15.0 Å². The van der Waals surface area contributed by atoms with Crippen LogP contribution in [0.3, 0.4) is 0 Å². The minimum absolute atomic E-state index is 0.0301. The lowest BCUT2D eigenvalue weighted by atomic mass is 9.33. The van der Waals surface area contributed by atoms with Gasteiger partial charge in [0.05, 0.1) is 11.5 Å². The summed E-state index contributed by atoms with van der Waals surface area (Å²) >= 11 is 0. The number of carboxylic acid groups (broad SMARTS) is 1. The summed E-state index contributed by atoms with van der Waals surface area (Å²) in [5, 5.41) is 21.4. The Morgan fingerprint density at radius 2 is 1.49 bits per heavy atom. The molecule has 0 amide bonds. The van der Waals surface area contributed by atoms with Gasteiger partial charge in [0.2, 0.25) is 0 Å². The Bertz CT molecular complexity index is 885. The Hall–Kier alpha value is -0.830. The molecule has 0 saturated heterocycles. The molecule has 0 aromatic heterocycles. The van der Waals surface area contributed by atoms with Crippen LogP contribution in [0.15, 0.2) is 11.6 Å². The highest BCUT2D eigenvalue weighted by Crippen LogP contribution is 2.75. The fourth-order valence-corrected chi connectivity index (χ4v) is 10.6. The molecule has 5 aliphatic carbocycles. The number of hydrogen-bond acceptors (Lipinski definition) is 2. The zero-order chi connectivity index (χ0) is 26.2. The summed E-state index contributed by atoms with van der Waals surface area (Å²) in [6.45, 7) is 20.9. The van der Waals surface area contributed by atoms with E-state index < -0.39 is 11.4 Å². The van der Waals surface area contributed by atoms with Crippen LogP contribution >= 0.6 is 0 Å². The maximum absolute atomic E-state index is 12.8. The van der Waals surface area contributed by atoms with Crippen LogP contribution in [0, 0.1) is 50.2 Å². The topological polar surface area (TPSA) is 57.5 Å². The number of allylic oxidation sites excluding steroid dienone is 2. The van der Waals surface area contributed by atoms with Crippen LogP contribution in [0.4, 0.5) is 0 Å². The summed E-state index contributed by atoms with van der Waals surface area (Å²) in [5.74, 6) is 0.807. The van der Waals surface area contributed by atoms with Crippen LogP contribution in [0.25, 0.3) is 0 Å². The smallest absolute Gasteiger partial charge is 0.310 e. The molecule has 5 unspecified atom stereocenters. The lowest BCUT2D eigenvalue weighted by molar-refractivity contribution is -0.205. The fraction of sp³-hybridized carbons (Fsp3) is 0.906. The Balaban J connectivity index is 0.00000141. The molecule has 3 nitrogen and oxygen atoms in total. The van der Waals surface area contributed by atoms with E-state index in [2.05, 4.69) is 54.5 Å². The summed E-state index contributed by atoms with van der Waals surface area (Å²) in [7, 11) is 0. The summed E-state index contributed by atoms with van der Waals surface area (Å²) < 4.78 is 0. The molecular formula is C32H54O3. The van der Waals surface area contributed by atoms with Gasteiger partial charge in [0.1, 0.15) is 0 Å². The van der Waals surface area contributed by atoms with Gasteiger partial charge in [-0.2, -0.15) is 0 Å². The van der Waals surface area contributed by atoms with Crippen LogP contribution in [0.2, 0.25) is 0 Å². The summed E-state index contributed by atoms with van der Waals surface area (Å²) in [6.07, 6.45) is 12.6. The number of fused-ring (bicyclic) bond motifs is 7. The highest BCUT2D eigenvalue weighted by Gasteiger charge is 2.69. The van der Waals surface area contributed by atoms with Crippen molar-refractivity contribution in [2.45, 2.75) is 133 Å². The first kappa shape index (κ1) is 27.2. The number of carboxylic acids is 1. The third-order valence-electron chi connectivity index (χ3n) is 13.0. The molecular weight excluding hydrogens is 432 g/mol. The van der Waals surface area contributed by atoms with Gasteiger partial charge in [0.25, 0.3) is 0 Å². The third-order valence-corrected chi connectivity index (χ3v) is 13.0. The van der Waals surface area contributed by atoms with Crippen molar-refractivity contribution in [3.8, 4) is 0 Å². The molecule has 0 aromatic carbocycles. The molecule has 35 heavy (non-hydrogen) atoms. The van der Waals surface area contributed by atoms with Crippen molar-refractivity contribution in [3.05, 3.63) is 11.6 Å². The van der Waals surface area contributed by atoms with E-state index in [4.69, 9.17) is 0 Å². The first-order valence-corrected chi connectivity index (χ1v) is 14.8. The average molecular weight is 487 g/mol. The highest BCUT2D eigenvalue weighted by molar-refractivity contribution is 5.76. The van der Waals surface area contributed by atoms with E-state index in [-0.39, 0.29) is 39.1 Å². The second kappa shape index (κ2) is 8.34. The molecule has 0 radical (unpaired) electrons. The number of rotatable bonds is 1. The maximum Gasteiger partial charge on any atom is 0.310 e. The second-order valence-corrected chi connectivity index (χ2v) is 15.1. The molecule has 0 aliphatic heterocycles. The van der Waals surface area contributed by atoms with Crippen molar-refractivity contribution in [3.63, 3.8) is 0 Å². The number of aliphatic carboxylic acids is 1. The first-order chi connectivity index (χ1) is 16.1. The predicted molar refractivity (Wildman–Crippen MR) is 144 cm³/mol. The molecule has 5 aliphatic rings. The molecule has 4 saturated carbocycles. The molecule has 5 rings (SSSR count). The number of aliphatic hydroxyl groups excluding tert-OH is 1. The average Bonchev–Trinajstić information content (AvgIpc) is 2.78. The van der Waals surface area contributed by atoms with Gasteiger partial charge < -0.3 is 10.2 Å². The summed E-state index contributed by atoms with van der Waals surface area (Å²) in [4.78, 5) is 12.8. The van der Waals surface area contributed by atoms with Gasteiger partial charge in [0.15, 0.2) is 0 Å². The number of aliphatic hydroxyl groups is 1. The molecule has 3 heteroatoms. The summed E-state index contributed by atoms with van der Waals surface area (Å²) in [6, 6.07) is 0. The van der Waals surface area contributed by atoms with E-state index in [0.29, 0.717) is 11.8 Å². The molecule has 4 fully saturated rings. The Kier molecular flexibility index (Phi) is 6.48. The van der Waals surface area contributed by atoms with Gasteiger partial charge in [-0.3, -0.25) is 4.79 Å². The van der Waals surface area contributed by atoms with Crippen LogP contribution in [0.1, 0.15) is 127 Å². The van der Waals surface area contributed by atoms with Crippen molar-refractivity contribution >= 4 is 5.97 Å². The lowest BCUT2D eigenvalue weighted by Crippen LogP contribution is -2.65.